The lowest BCUT2D eigenvalue weighted by molar-refractivity contribution is -0.159. The first kappa shape index (κ1) is 13.4. The molecule has 17 heavy (non-hydrogen) atoms. The molecule has 0 spiro atoms. The van der Waals surface area contributed by atoms with E-state index in [0.29, 0.717) is 0 Å². The van der Waals surface area contributed by atoms with E-state index in [-0.39, 0.29) is 6.61 Å². The van der Waals surface area contributed by atoms with Gasteiger partial charge in [-0.15, -0.1) is 0 Å². The number of esters is 1. The van der Waals surface area contributed by atoms with Gasteiger partial charge in [-0.1, -0.05) is 37.3 Å². The number of hydrogen-bond acceptors (Lipinski definition) is 4. The molecular formula is C13H16O4. The van der Waals surface area contributed by atoms with Gasteiger partial charge in [0, 0.05) is 5.92 Å². The molecular weight excluding hydrogens is 220 g/mol. The Morgan fingerprint density at radius 2 is 2.06 bits per heavy atom. The average Bonchev–Trinajstić information content (AvgIpc) is 2.57. The lowest BCUT2D eigenvalue weighted by Crippen LogP contribution is -2.47. The Balaban J connectivity index is 2.73. The summed E-state index contributed by atoms with van der Waals surface area (Å²) >= 11 is 0. The van der Waals surface area contributed by atoms with E-state index in [1.54, 1.807) is 25.2 Å². The lowest BCUT2D eigenvalue weighted by atomic mass is 9.87. The van der Waals surface area contributed by atoms with Crippen LogP contribution in [0.25, 0.3) is 0 Å². The fourth-order valence-electron chi connectivity index (χ4n) is 1.49. The van der Waals surface area contributed by atoms with E-state index in [2.05, 4.69) is 4.74 Å². The molecule has 1 saturated heterocycles. The van der Waals surface area contributed by atoms with Gasteiger partial charge in [-0.05, 0) is 13.0 Å². The summed E-state index contributed by atoms with van der Waals surface area (Å²) in [6.07, 6.45) is 9.70. The molecule has 0 bridgehead atoms. The molecule has 0 aromatic carbocycles. The van der Waals surface area contributed by atoms with Gasteiger partial charge in [0.2, 0.25) is 5.60 Å². The normalized spacial score (nSPS) is 29.6. The first-order chi connectivity index (χ1) is 8.03. The predicted octanol–water partition coefficient (Wildman–Crippen LogP) is 1.17. The van der Waals surface area contributed by atoms with Crippen LogP contribution in [0.15, 0.2) is 36.5 Å². The second kappa shape index (κ2) is 5.59. The smallest absolute Gasteiger partial charge is 0.346 e. The standard InChI is InChI=1S/C13H16O4/c1-3-4-5-6-7-8-11(14)13(16)10(2)9-17-12(13)15/h3-8,10,16H,9H2,1-2H3/b4-3+,6-5+,8-7+/t10-,13-/m1/s1. The van der Waals surface area contributed by atoms with Crippen molar-refractivity contribution in [2.45, 2.75) is 19.4 Å². The molecule has 0 amide bonds. The minimum Gasteiger partial charge on any atom is -0.463 e. The van der Waals surface area contributed by atoms with Crippen LogP contribution in [0, 0.1) is 5.92 Å². The minimum absolute atomic E-state index is 0.0727. The van der Waals surface area contributed by atoms with Gasteiger partial charge in [-0.3, -0.25) is 4.79 Å². The molecule has 1 heterocycles. The summed E-state index contributed by atoms with van der Waals surface area (Å²) < 4.78 is 4.67. The van der Waals surface area contributed by atoms with Crippen LogP contribution < -0.4 is 0 Å². The van der Waals surface area contributed by atoms with Crippen LogP contribution in [0.4, 0.5) is 0 Å². The molecule has 1 aliphatic rings. The van der Waals surface area contributed by atoms with E-state index in [0.717, 1.165) is 0 Å². The molecule has 1 rings (SSSR count). The SMILES string of the molecule is C/C=C/C=C/C=C/C(=O)[C@@]1(O)C(=O)OC[C@H]1C. The van der Waals surface area contributed by atoms with Crippen LogP contribution in [0.3, 0.4) is 0 Å². The average molecular weight is 236 g/mol. The highest BCUT2D eigenvalue weighted by atomic mass is 16.6. The maximum absolute atomic E-state index is 11.7. The Morgan fingerprint density at radius 3 is 2.59 bits per heavy atom. The van der Waals surface area contributed by atoms with E-state index in [1.165, 1.54) is 12.2 Å². The molecule has 92 valence electrons. The first-order valence-electron chi connectivity index (χ1n) is 5.43. The third-order valence-electron chi connectivity index (χ3n) is 2.64. The number of rotatable bonds is 4. The van der Waals surface area contributed by atoms with E-state index in [9.17, 15) is 14.7 Å². The van der Waals surface area contributed by atoms with Crippen molar-refractivity contribution < 1.29 is 19.4 Å². The molecule has 0 radical (unpaired) electrons. The summed E-state index contributed by atoms with van der Waals surface area (Å²) in [4.78, 5) is 23.1. The van der Waals surface area contributed by atoms with Crippen molar-refractivity contribution in [3.8, 4) is 0 Å². The lowest BCUT2D eigenvalue weighted by Gasteiger charge is -2.18. The maximum Gasteiger partial charge on any atom is 0.346 e. The van der Waals surface area contributed by atoms with Crippen molar-refractivity contribution in [3.05, 3.63) is 36.5 Å². The summed E-state index contributed by atoms with van der Waals surface area (Å²) in [5.41, 5.74) is -2.02. The van der Waals surface area contributed by atoms with Gasteiger partial charge in [0.1, 0.15) is 0 Å². The zero-order chi connectivity index (χ0) is 12.9. The number of carbonyl (C=O) groups is 2. The number of aliphatic hydroxyl groups is 1. The van der Waals surface area contributed by atoms with E-state index in [4.69, 9.17) is 0 Å². The van der Waals surface area contributed by atoms with Gasteiger partial charge in [0.15, 0.2) is 5.78 Å². The Hall–Kier alpha value is -1.68. The number of ketones is 1. The summed E-state index contributed by atoms with van der Waals surface area (Å²) in [5.74, 6) is -2.03. The van der Waals surface area contributed by atoms with Gasteiger partial charge in [0.25, 0.3) is 0 Å². The minimum atomic E-state index is -2.02. The number of cyclic esters (lactones) is 1. The van der Waals surface area contributed by atoms with Gasteiger partial charge in [-0.25, -0.2) is 4.79 Å². The molecule has 0 unspecified atom stereocenters. The highest BCUT2D eigenvalue weighted by Crippen LogP contribution is 2.27. The van der Waals surface area contributed by atoms with E-state index < -0.39 is 23.3 Å². The second-order valence-electron chi connectivity index (χ2n) is 3.90. The molecule has 2 atom stereocenters. The second-order valence-corrected chi connectivity index (χ2v) is 3.90. The summed E-state index contributed by atoms with van der Waals surface area (Å²) in [6.45, 7) is 3.55. The number of carbonyl (C=O) groups excluding carboxylic acids is 2. The largest absolute Gasteiger partial charge is 0.463 e. The monoisotopic (exact) mass is 236 g/mol. The van der Waals surface area contributed by atoms with Crippen molar-refractivity contribution in [2.75, 3.05) is 6.61 Å². The highest BCUT2D eigenvalue weighted by Gasteiger charge is 2.53. The quantitative estimate of drug-likeness (QED) is 0.344. The molecule has 1 aliphatic heterocycles. The molecule has 0 saturated carbocycles. The Bertz CT molecular complexity index is 392. The number of ether oxygens (including phenoxy) is 1. The van der Waals surface area contributed by atoms with Crippen molar-refractivity contribution in [3.63, 3.8) is 0 Å². The third kappa shape index (κ3) is 2.71. The predicted molar refractivity (Wildman–Crippen MR) is 63.2 cm³/mol. The van der Waals surface area contributed by atoms with E-state index in [1.807, 2.05) is 13.0 Å². The van der Waals surface area contributed by atoms with Crippen LogP contribution in [0.1, 0.15) is 13.8 Å². The fourth-order valence-corrected chi connectivity index (χ4v) is 1.49. The van der Waals surface area contributed by atoms with E-state index >= 15 is 0 Å². The van der Waals surface area contributed by atoms with Crippen molar-refractivity contribution in [1.82, 2.24) is 0 Å². The third-order valence-corrected chi connectivity index (χ3v) is 2.64. The first-order valence-corrected chi connectivity index (χ1v) is 5.43. The van der Waals surface area contributed by atoms with Gasteiger partial charge in [-0.2, -0.15) is 0 Å². The Morgan fingerprint density at radius 1 is 1.41 bits per heavy atom. The van der Waals surface area contributed by atoms with Crippen LogP contribution in [0.5, 0.6) is 0 Å². The van der Waals surface area contributed by atoms with Crippen LogP contribution >= 0.6 is 0 Å². The molecule has 4 nitrogen and oxygen atoms in total. The molecule has 0 aromatic heterocycles. The molecule has 1 fully saturated rings. The topological polar surface area (TPSA) is 63.6 Å². The van der Waals surface area contributed by atoms with Crippen LogP contribution in [-0.2, 0) is 14.3 Å². The molecule has 0 aromatic rings. The highest BCUT2D eigenvalue weighted by molar-refractivity contribution is 6.13. The van der Waals surface area contributed by atoms with Gasteiger partial charge >= 0.3 is 5.97 Å². The Labute approximate surface area is 100 Å². The maximum atomic E-state index is 11.7. The summed E-state index contributed by atoms with van der Waals surface area (Å²) in [5, 5.41) is 9.99. The van der Waals surface area contributed by atoms with Gasteiger partial charge < -0.3 is 9.84 Å². The fraction of sp³-hybridized carbons (Fsp3) is 0.385. The summed E-state index contributed by atoms with van der Waals surface area (Å²) in [7, 11) is 0. The van der Waals surface area contributed by atoms with Gasteiger partial charge in [0.05, 0.1) is 6.61 Å². The molecule has 0 aliphatic carbocycles. The zero-order valence-corrected chi connectivity index (χ0v) is 9.92. The number of hydrogen-bond donors (Lipinski definition) is 1. The van der Waals surface area contributed by atoms with Crippen molar-refractivity contribution >= 4 is 11.8 Å². The Kier molecular flexibility index (Phi) is 4.40. The molecule has 1 N–H and O–H groups in total. The summed E-state index contributed by atoms with van der Waals surface area (Å²) in [6, 6.07) is 0. The molecule has 4 heteroatoms. The van der Waals surface area contributed by atoms with Crippen LogP contribution in [0.2, 0.25) is 0 Å². The van der Waals surface area contributed by atoms with Crippen LogP contribution in [-0.4, -0.2) is 29.1 Å². The zero-order valence-electron chi connectivity index (χ0n) is 9.92. The van der Waals surface area contributed by atoms with Crippen molar-refractivity contribution in [2.24, 2.45) is 5.92 Å². The number of allylic oxidation sites excluding steroid dienone is 5. The van der Waals surface area contributed by atoms with Crippen molar-refractivity contribution in [1.29, 1.82) is 0 Å².